The normalized spacial score (nSPS) is 25.3. The molecule has 4 rings (SSSR count). The monoisotopic (exact) mass is 316 g/mol. The molecule has 2 aliphatic heterocycles. The first-order valence-corrected chi connectivity index (χ1v) is 8.33. The molecule has 0 bridgehead atoms. The topological polar surface area (TPSA) is 44.0 Å². The van der Waals surface area contributed by atoms with Crippen LogP contribution in [0, 0.1) is 5.41 Å². The quantitative estimate of drug-likeness (QED) is 0.915. The summed E-state index contributed by atoms with van der Waals surface area (Å²) in [7, 11) is 0. The van der Waals surface area contributed by atoms with Gasteiger partial charge in [0.25, 0.3) is 0 Å². The van der Waals surface area contributed by atoms with Crippen molar-refractivity contribution in [3.63, 3.8) is 0 Å². The molecule has 0 aliphatic carbocycles. The van der Waals surface area contributed by atoms with Gasteiger partial charge in [-0.3, -0.25) is 10.00 Å². The Kier molecular flexibility index (Phi) is 3.68. The van der Waals surface area contributed by atoms with E-state index in [-0.39, 0.29) is 0 Å². The van der Waals surface area contributed by atoms with Crippen LogP contribution in [0.2, 0.25) is 5.02 Å². The fourth-order valence-corrected chi connectivity index (χ4v) is 4.06. The number of hydrogen-bond donors (Lipinski definition) is 2. The van der Waals surface area contributed by atoms with Gasteiger partial charge in [0, 0.05) is 35.8 Å². The van der Waals surface area contributed by atoms with Crippen LogP contribution >= 0.6 is 11.6 Å². The molecule has 22 heavy (non-hydrogen) atoms. The molecule has 1 aromatic carbocycles. The van der Waals surface area contributed by atoms with Crippen LogP contribution in [0.25, 0.3) is 11.3 Å². The highest BCUT2D eigenvalue weighted by Gasteiger charge is 2.40. The molecular weight excluding hydrogens is 296 g/mol. The molecule has 2 aliphatic rings. The summed E-state index contributed by atoms with van der Waals surface area (Å²) in [5.74, 6) is 0. The Bertz CT molecular complexity index is 660. The van der Waals surface area contributed by atoms with Crippen LogP contribution in [0.3, 0.4) is 0 Å². The van der Waals surface area contributed by atoms with E-state index in [1.807, 2.05) is 24.4 Å². The summed E-state index contributed by atoms with van der Waals surface area (Å²) in [6.07, 6.45) is 4.58. The first-order chi connectivity index (χ1) is 10.7. The summed E-state index contributed by atoms with van der Waals surface area (Å²) >= 11 is 6.11. The van der Waals surface area contributed by atoms with E-state index in [0.29, 0.717) is 5.41 Å². The van der Waals surface area contributed by atoms with Gasteiger partial charge in [0.1, 0.15) is 0 Å². The molecule has 2 fully saturated rings. The van der Waals surface area contributed by atoms with Gasteiger partial charge in [-0.15, -0.1) is 0 Å². The number of aromatic amines is 1. The minimum Gasteiger partial charge on any atom is -0.316 e. The Balaban J connectivity index is 1.52. The highest BCUT2D eigenvalue weighted by molar-refractivity contribution is 6.30. The third kappa shape index (κ3) is 2.67. The number of nitrogens with one attached hydrogen (secondary N) is 2. The first-order valence-electron chi connectivity index (χ1n) is 7.95. The number of H-pyrrole nitrogens is 1. The summed E-state index contributed by atoms with van der Waals surface area (Å²) in [4.78, 5) is 2.56. The van der Waals surface area contributed by atoms with E-state index in [1.54, 1.807) is 0 Å². The van der Waals surface area contributed by atoms with E-state index in [9.17, 15) is 0 Å². The predicted molar refractivity (Wildman–Crippen MR) is 88.8 cm³/mol. The Hall–Kier alpha value is -1.36. The van der Waals surface area contributed by atoms with Crippen LogP contribution in [-0.4, -0.2) is 41.3 Å². The van der Waals surface area contributed by atoms with E-state index in [0.717, 1.165) is 22.8 Å². The number of nitrogens with zero attached hydrogens (tertiary/aromatic N) is 2. The fraction of sp³-hybridized carbons (Fsp3) is 0.471. The number of aromatic nitrogens is 2. The van der Waals surface area contributed by atoms with E-state index >= 15 is 0 Å². The highest BCUT2D eigenvalue weighted by atomic mass is 35.5. The van der Waals surface area contributed by atoms with Crippen LogP contribution < -0.4 is 5.32 Å². The maximum absolute atomic E-state index is 6.11. The Labute approximate surface area is 135 Å². The Morgan fingerprint density at radius 1 is 1.32 bits per heavy atom. The Morgan fingerprint density at radius 2 is 2.27 bits per heavy atom. The second-order valence-electron chi connectivity index (χ2n) is 6.67. The van der Waals surface area contributed by atoms with Crippen molar-refractivity contribution in [1.82, 2.24) is 20.4 Å². The van der Waals surface area contributed by atoms with Crippen molar-refractivity contribution in [1.29, 1.82) is 0 Å². The molecule has 2 saturated heterocycles. The zero-order chi connectivity index (χ0) is 15.0. The maximum Gasteiger partial charge on any atom is 0.0695 e. The van der Waals surface area contributed by atoms with Crippen molar-refractivity contribution < 1.29 is 0 Å². The SMILES string of the molecule is Clc1cccc(-c2[nH]ncc2CN2CCC3(CCNC3)C2)c1. The van der Waals surface area contributed by atoms with Gasteiger partial charge in [0.05, 0.1) is 11.9 Å². The lowest BCUT2D eigenvalue weighted by atomic mass is 9.86. The third-order valence-corrected chi connectivity index (χ3v) is 5.31. The molecular formula is C17H21ClN4. The molecule has 4 nitrogen and oxygen atoms in total. The Morgan fingerprint density at radius 3 is 3.09 bits per heavy atom. The number of likely N-dealkylation sites (tertiary alicyclic amines) is 1. The van der Waals surface area contributed by atoms with Crippen molar-refractivity contribution in [3.05, 3.63) is 41.0 Å². The van der Waals surface area contributed by atoms with Crippen LogP contribution in [0.15, 0.2) is 30.5 Å². The molecule has 2 N–H and O–H groups in total. The van der Waals surface area contributed by atoms with Gasteiger partial charge in [0.2, 0.25) is 0 Å². The molecule has 5 heteroatoms. The second-order valence-corrected chi connectivity index (χ2v) is 7.10. The number of halogens is 1. The van der Waals surface area contributed by atoms with Gasteiger partial charge in [-0.05, 0) is 43.5 Å². The van der Waals surface area contributed by atoms with Gasteiger partial charge in [-0.1, -0.05) is 23.7 Å². The summed E-state index contributed by atoms with van der Waals surface area (Å²) in [5, 5.41) is 11.7. The molecule has 2 aromatic rings. The van der Waals surface area contributed by atoms with Gasteiger partial charge < -0.3 is 5.32 Å². The van der Waals surface area contributed by atoms with Gasteiger partial charge in [-0.25, -0.2) is 0 Å². The zero-order valence-corrected chi connectivity index (χ0v) is 13.4. The zero-order valence-electron chi connectivity index (χ0n) is 12.6. The van der Waals surface area contributed by atoms with E-state index in [1.165, 1.54) is 44.6 Å². The molecule has 0 saturated carbocycles. The molecule has 1 aromatic heterocycles. The molecule has 3 heterocycles. The minimum atomic E-state index is 0.514. The van der Waals surface area contributed by atoms with Crippen molar-refractivity contribution in [3.8, 4) is 11.3 Å². The average Bonchev–Trinajstić information content (AvgIpc) is 3.23. The molecule has 116 valence electrons. The summed E-state index contributed by atoms with van der Waals surface area (Å²) in [6.45, 7) is 5.69. The molecule has 1 unspecified atom stereocenters. The van der Waals surface area contributed by atoms with Crippen LogP contribution in [0.1, 0.15) is 18.4 Å². The lowest BCUT2D eigenvalue weighted by molar-refractivity contribution is 0.269. The van der Waals surface area contributed by atoms with Gasteiger partial charge in [0.15, 0.2) is 0 Å². The summed E-state index contributed by atoms with van der Waals surface area (Å²) in [6, 6.07) is 7.95. The van der Waals surface area contributed by atoms with Crippen LogP contribution in [0.4, 0.5) is 0 Å². The molecule has 1 atom stereocenters. The van der Waals surface area contributed by atoms with E-state index in [2.05, 4.69) is 26.5 Å². The van der Waals surface area contributed by atoms with Crippen LogP contribution in [-0.2, 0) is 6.54 Å². The smallest absolute Gasteiger partial charge is 0.0695 e. The number of rotatable bonds is 3. The predicted octanol–water partition coefficient (Wildman–Crippen LogP) is 2.92. The second kappa shape index (κ2) is 5.69. The summed E-state index contributed by atoms with van der Waals surface area (Å²) in [5.41, 5.74) is 3.97. The lowest BCUT2D eigenvalue weighted by Gasteiger charge is -2.22. The molecule has 0 radical (unpaired) electrons. The minimum absolute atomic E-state index is 0.514. The average molecular weight is 317 g/mol. The summed E-state index contributed by atoms with van der Waals surface area (Å²) < 4.78 is 0. The van der Waals surface area contributed by atoms with Gasteiger partial charge in [-0.2, -0.15) is 5.10 Å². The first kappa shape index (κ1) is 14.2. The fourth-order valence-electron chi connectivity index (χ4n) is 3.87. The maximum atomic E-state index is 6.11. The third-order valence-electron chi connectivity index (χ3n) is 5.07. The van der Waals surface area contributed by atoms with E-state index < -0.39 is 0 Å². The standard InChI is InChI=1S/C17H21ClN4/c18-15-3-1-2-13(8-15)16-14(9-20-21-16)10-22-7-5-17(12-22)4-6-19-11-17/h1-3,8-9,19H,4-7,10-12H2,(H,20,21). The lowest BCUT2D eigenvalue weighted by Crippen LogP contribution is -2.28. The van der Waals surface area contributed by atoms with Crippen molar-refractivity contribution in [2.24, 2.45) is 5.41 Å². The number of benzene rings is 1. The number of hydrogen-bond acceptors (Lipinski definition) is 3. The van der Waals surface area contributed by atoms with Gasteiger partial charge >= 0.3 is 0 Å². The van der Waals surface area contributed by atoms with Crippen LogP contribution in [0.5, 0.6) is 0 Å². The highest BCUT2D eigenvalue weighted by Crippen LogP contribution is 2.37. The van der Waals surface area contributed by atoms with Crippen molar-refractivity contribution >= 4 is 11.6 Å². The van der Waals surface area contributed by atoms with Crippen molar-refractivity contribution in [2.75, 3.05) is 26.2 Å². The molecule has 1 spiro atoms. The van der Waals surface area contributed by atoms with Crippen molar-refractivity contribution in [2.45, 2.75) is 19.4 Å². The van der Waals surface area contributed by atoms with E-state index in [4.69, 9.17) is 11.6 Å². The largest absolute Gasteiger partial charge is 0.316 e. The molecule has 0 amide bonds.